The second-order valence-corrected chi connectivity index (χ2v) is 7.22. The van der Waals surface area contributed by atoms with Gasteiger partial charge in [-0.15, -0.1) is 0 Å². The van der Waals surface area contributed by atoms with Gasteiger partial charge in [-0.1, -0.05) is 11.6 Å². The Labute approximate surface area is 128 Å². The SMILES string of the molecule is CCOc1ccc(N[P@@]2(=O)C=C(Cl)N(C)C(=O)N2C)cc1. The summed E-state index contributed by atoms with van der Waals surface area (Å²) >= 11 is 5.95. The molecule has 21 heavy (non-hydrogen) atoms. The number of carbonyl (C=O) groups excluding carboxylic acids is 1. The van der Waals surface area contributed by atoms with Crippen molar-refractivity contribution in [3.05, 3.63) is 35.2 Å². The number of hydrogen-bond acceptors (Lipinski definition) is 3. The van der Waals surface area contributed by atoms with Crippen molar-refractivity contribution >= 4 is 30.8 Å². The van der Waals surface area contributed by atoms with Gasteiger partial charge in [-0.2, -0.15) is 0 Å². The second-order valence-electron chi connectivity index (χ2n) is 4.51. The van der Waals surface area contributed by atoms with E-state index in [4.69, 9.17) is 16.3 Å². The topological polar surface area (TPSA) is 61.9 Å². The van der Waals surface area contributed by atoms with Crippen molar-refractivity contribution < 1.29 is 14.1 Å². The third-order valence-corrected chi connectivity index (χ3v) is 5.82. The van der Waals surface area contributed by atoms with Crippen LogP contribution in [0, 0.1) is 0 Å². The molecule has 0 saturated carbocycles. The maximum atomic E-state index is 12.9. The minimum absolute atomic E-state index is 0.139. The van der Waals surface area contributed by atoms with Gasteiger partial charge in [-0.25, -0.2) is 4.79 Å². The first-order chi connectivity index (χ1) is 9.87. The van der Waals surface area contributed by atoms with Gasteiger partial charge in [0.1, 0.15) is 10.9 Å². The van der Waals surface area contributed by atoms with Crippen molar-refractivity contribution in [3.63, 3.8) is 0 Å². The molecule has 1 aliphatic rings. The molecular formula is C13H17ClN3O3P. The minimum Gasteiger partial charge on any atom is -0.494 e. The van der Waals surface area contributed by atoms with Gasteiger partial charge in [0.15, 0.2) is 0 Å². The van der Waals surface area contributed by atoms with Crippen LogP contribution in [0.15, 0.2) is 35.2 Å². The van der Waals surface area contributed by atoms with Crippen LogP contribution < -0.4 is 9.82 Å². The molecule has 2 amide bonds. The molecule has 2 rings (SSSR count). The number of anilines is 1. The summed E-state index contributed by atoms with van der Waals surface area (Å²) in [7, 11) is -0.250. The van der Waals surface area contributed by atoms with E-state index >= 15 is 0 Å². The minimum atomic E-state index is -3.25. The summed E-state index contributed by atoms with van der Waals surface area (Å²) in [5.74, 6) is 2.09. The van der Waals surface area contributed by atoms with Gasteiger partial charge < -0.3 is 9.82 Å². The van der Waals surface area contributed by atoms with E-state index in [1.165, 1.54) is 24.8 Å². The third kappa shape index (κ3) is 3.17. The molecular weight excluding hydrogens is 313 g/mol. The van der Waals surface area contributed by atoms with Gasteiger partial charge in [0.25, 0.3) is 7.44 Å². The molecule has 0 spiro atoms. The highest BCUT2D eigenvalue weighted by Crippen LogP contribution is 2.54. The zero-order chi connectivity index (χ0) is 15.6. The Morgan fingerprint density at radius 3 is 2.48 bits per heavy atom. The molecule has 6 nitrogen and oxygen atoms in total. The quantitative estimate of drug-likeness (QED) is 0.675. The van der Waals surface area contributed by atoms with Gasteiger partial charge in [0.05, 0.1) is 12.4 Å². The van der Waals surface area contributed by atoms with Crippen LogP contribution in [-0.4, -0.2) is 36.3 Å². The maximum absolute atomic E-state index is 12.9. The van der Waals surface area contributed by atoms with Crippen molar-refractivity contribution in [2.24, 2.45) is 0 Å². The molecule has 0 radical (unpaired) electrons. The van der Waals surface area contributed by atoms with E-state index in [0.717, 1.165) is 10.4 Å². The summed E-state index contributed by atoms with van der Waals surface area (Å²) in [6.07, 6.45) is 0. The lowest BCUT2D eigenvalue weighted by atomic mass is 10.3. The summed E-state index contributed by atoms with van der Waals surface area (Å²) in [4.78, 5) is 13.2. The molecule has 0 aromatic heterocycles. The van der Waals surface area contributed by atoms with E-state index in [9.17, 15) is 9.36 Å². The Morgan fingerprint density at radius 2 is 1.90 bits per heavy atom. The van der Waals surface area contributed by atoms with Crippen molar-refractivity contribution in [1.82, 2.24) is 9.57 Å². The van der Waals surface area contributed by atoms with Gasteiger partial charge in [-0.05, 0) is 31.2 Å². The molecule has 8 heteroatoms. The predicted molar refractivity (Wildman–Crippen MR) is 83.7 cm³/mol. The number of benzene rings is 1. The van der Waals surface area contributed by atoms with Gasteiger partial charge >= 0.3 is 6.03 Å². The van der Waals surface area contributed by atoms with Crippen molar-refractivity contribution in [3.8, 4) is 5.75 Å². The van der Waals surface area contributed by atoms with Crippen molar-refractivity contribution in [1.29, 1.82) is 0 Å². The highest BCUT2D eigenvalue weighted by molar-refractivity contribution is 7.67. The largest absolute Gasteiger partial charge is 0.494 e. The molecule has 114 valence electrons. The van der Waals surface area contributed by atoms with Gasteiger partial charge in [0.2, 0.25) is 0 Å². The number of rotatable bonds is 4. The molecule has 0 aliphatic carbocycles. The molecule has 1 aromatic carbocycles. The van der Waals surface area contributed by atoms with E-state index in [-0.39, 0.29) is 5.16 Å². The van der Waals surface area contributed by atoms with Crippen LogP contribution in [-0.2, 0) is 4.57 Å². The number of carbonyl (C=O) groups is 1. The monoisotopic (exact) mass is 329 g/mol. The number of amides is 2. The molecule has 1 N–H and O–H groups in total. The first-order valence-electron chi connectivity index (χ1n) is 6.38. The average molecular weight is 330 g/mol. The molecule has 0 saturated heterocycles. The predicted octanol–water partition coefficient (Wildman–Crippen LogP) is 3.73. The molecule has 1 atom stereocenters. The van der Waals surface area contributed by atoms with E-state index < -0.39 is 13.5 Å². The molecule has 1 heterocycles. The number of nitrogens with zero attached hydrogens (tertiary/aromatic N) is 2. The summed E-state index contributed by atoms with van der Waals surface area (Å²) < 4.78 is 19.4. The smallest absolute Gasteiger partial charge is 0.331 e. The first-order valence-corrected chi connectivity index (χ1v) is 8.49. The summed E-state index contributed by atoms with van der Waals surface area (Å²) in [6.45, 7) is 2.48. The van der Waals surface area contributed by atoms with Crippen LogP contribution in [0.25, 0.3) is 0 Å². The molecule has 0 unspecified atom stereocenters. The molecule has 0 fully saturated rings. The Bertz CT molecular complexity index is 618. The normalized spacial score (nSPS) is 22.1. The zero-order valence-electron chi connectivity index (χ0n) is 12.0. The summed E-state index contributed by atoms with van der Waals surface area (Å²) in [5.41, 5.74) is 0.617. The Kier molecular flexibility index (Phi) is 4.49. The standard InChI is InChI=1S/C13H17ClN3O3P/c1-4-20-11-7-5-10(6-8-11)15-21(19)9-12(14)16(2)13(18)17(21)3/h5-9H,4H2,1-3H3,(H,15,19)/t21-/m0/s1. The number of nitrogens with one attached hydrogen (secondary N) is 1. The van der Waals surface area contributed by atoms with Crippen LogP contribution in [0.2, 0.25) is 0 Å². The first kappa shape index (κ1) is 15.7. The summed E-state index contributed by atoms with van der Waals surface area (Å²) in [6, 6.07) is 6.58. The fourth-order valence-corrected chi connectivity index (χ4v) is 4.06. The fraction of sp³-hybridized carbons (Fsp3) is 0.308. The van der Waals surface area contributed by atoms with Crippen LogP contribution in [0.1, 0.15) is 6.92 Å². The van der Waals surface area contributed by atoms with E-state index in [1.54, 1.807) is 24.3 Å². The lowest BCUT2D eigenvalue weighted by Gasteiger charge is -2.35. The van der Waals surface area contributed by atoms with Crippen molar-refractivity contribution in [2.45, 2.75) is 6.92 Å². The highest BCUT2D eigenvalue weighted by Gasteiger charge is 2.37. The maximum Gasteiger partial charge on any atom is 0.331 e. The van der Waals surface area contributed by atoms with Crippen LogP contribution in [0.3, 0.4) is 0 Å². The summed E-state index contributed by atoms with van der Waals surface area (Å²) in [5, 5.41) is 3.01. The second kappa shape index (κ2) is 6.00. The van der Waals surface area contributed by atoms with E-state index in [1.807, 2.05) is 6.92 Å². The Morgan fingerprint density at radius 1 is 1.29 bits per heavy atom. The molecule has 1 aliphatic heterocycles. The van der Waals surface area contributed by atoms with Crippen molar-refractivity contribution in [2.75, 3.05) is 25.8 Å². The number of urea groups is 1. The highest BCUT2D eigenvalue weighted by atomic mass is 35.5. The van der Waals surface area contributed by atoms with E-state index in [0.29, 0.717) is 12.3 Å². The van der Waals surface area contributed by atoms with Gasteiger partial charge in [-0.3, -0.25) is 14.1 Å². The number of ether oxygens (including phenoxy) is 1. The van der Waals surface area contributed by atoms with Crippen LogP contribution in [0.4, 0.5) is 10.5 Å². The van der Waals surface area contributed by atoms with Crippen LogP contribution in [0.5, 0.6) is 5.75 Å². The Hall–Kier alpha value is -1.65. The van der Waals surface area contributed by atoms with Crippen LogP contribution >= 0.6 is 19.0 Å². The lowest BCUT2D eigenvalue weighted by Crippen LogP contribution is -2.39. The fourth-order valence-electron chi connectivity index (χ4n) is 1.84. The van der Waals surface area contributed by atoms with Gasteiger partial charge in [0, 0.05) is 19.8 Å². The third-order valence-electron chi connectivity index (χ3n) is 3.07. The van der Waals surface area contributed by atoms with E-state index in [2.05, 4.69) is 5.09 Å². The molecule has 1 aromatic rings. The zero-order valence-corrected chi connectivity index (χ0v) is 13.7. The lowest BCUT2D eigenvalue weighted by molar-refractivity contribution is 0.205. The number of hydrogen-bond donors (Lipinski definition) is 1. The average Bonchev–Trinajstić information content (AvgIpc) is 2.45. The molecule has 0 bridgehead atoms. The Balaban J connectivity index is 2.25. The number of halogens is 1.